The molecule has 1 aromatic heterocycles. The molecule has 3 aromatic carbocycles. The number of H-pyrrole nitrogens is 1. The van der Waals surface area contributed by atoms with Gasteiger partial charge < -0.3 is 5.32 Å². The summed E-state index contributed by atoms with van der Waals surface area (Å²) in [4.78, 5) is 13.0. The summed E-state index contributed by atoms with van der Waals surface area (Å²) in [5.74, 6) is -0.316. The van der Waals surface area contributed by atoms with Gasteiger partial charge in [0.25, 0.3) is 5.91 Å². The average Bonchev–Trinajstić information content (AvgIpc) is 3.19. The number of benzene rings is 3. The molecule has 1 atom stereocenters. The lowest BCUT2D eigenvalue weighted by molar-refractivity contribution is -0.137. The molecule has 0 unspecified atom stereocenters. The lowest BCUT2D eigenvalue weighted by Crippen LogP contribution is -2.27. The molecule has 1 amide bonds. The van der Waals surface area contributed by atoms with Crippen LogP contribution in [0.2, 0.25) is 0 Å². The molecular weight excluding hydrogens is 415 g/mol. The highest BCUT2D eigenvalue weighted by molar-refractivity contribution is 6.06. The van der Waals surface area contributed by atoms with E-state index in [0.717, 1.165) is 28.8 Å². The molecule has 164 valence electrons. The number of alkyl halides is 3. The van der Waals surface area contributed by atoms with Crippen LogP contribution in [-0.2, 0) is 12.6 Å². The first-order valence-corrected chi connectivity index (χ1v) is 10.2. The second-order valence-corrected chi connectivity index (χ2v) is 7.89. The zero-order valence-corrected chi connectivity index (χ0v) is 17.6. The summed E-state index contributed by atoms with van der Waals surface area (Å²) in [6.45, 7) is 3.90. The molecule has 0 saturated heterocycles. The summed E-state index contributed by atoms with van der Waals surface area (Å²) in [5, 5.41) is 10.8. The standard InChI is InChI=1S/C25H22F3N3O/c1-15-6-10-18(11-7-15)16(2)29-24(32)23-22-19(4-3-5-21(22)30-31-23)14-17-8-12-20(13-9-17)25(26,27)28/h3-13,16H,14H2,1-2H3,(H,29,32)(H,30,31)/t16-/m0/s1. The van der Waals surface area contributed by atoms with E-state index >= 15 is 0 Å². The Balaban J connectivity index is 1.60. The van der Waals surface area contributed by atoms with Crippen LogP contribution in [-0.4, -0.2) is 16.1 Å². The van der Waals surface area contributed by atoms with Crippen molar-refractivity contribution >= 4 is 16.8 Å². The molecule has 0 fully saturated rings. The maximum atomic E-state index is 13.0. The zero-order chi connectivity index (χ0) is 22.9. The van der Waals surface area contributed by atoms with Gasteiger partial charge in [-0.15, -0.1) is 0 Å². The van der Waals surface area contributed by atoms with Gasteiger partial charge in [0.15, 0.2) is 5.69 Å². The number of aromatic amines is 1. The maximum absolute atomic E-state index is 13.0. The summed E-state index contributed by atoms with van der Waals surface area (Å²) in [7, 11) is 0. The molecule has 32 heavy (non-hydrogen) atoms. The quantitative estimate of drug-likeness (QED) is 0.404. The first kappa shape index (κ1) is 21.6. The van der Waals surface area contributed by atoms with E-state index in [4.69, 9.17) is 0 Å². The SMILES string of the molecule is Cc1ccc([C@H](C)NC(=O)c2n[nH]c3cccc(Cc4ccc(C(F)(F)F)cc4)c23)cc1. The fourth-order valence-corrected chi connectivity index (χ4v) is 3.69. The van der Waals surface area contributed by atoms with Crippen molar-refractivity contribution < 1.29 is 18.0 Å². The van der Waals surface area contributed by atoms with Crippen LogP contribution in [0, 0.1) is 6.92 Å². The number of halogens is 3. The number of carbonyl (C=O) groups is 1. The highest BCUT2D eigenvalue weighted by atomic mass is 19.4. The molecule has 1 heterocycles. The van der Waals surface area contributed by atoms with Crippen LogP contribution in [0.25, 0.3) is 10.9 Å². The van der Waals surface area contributed by atoms with E-state index in [1.807, 2.05) is 56.3 Å². The zero-order valence-electron chi connectivity index (χ0n) is 17.6. The third kappa shape index (κ3) is 4.51. The number of hydrogen-bond acceptors (Lipinski definition) is 2. The fourth-order valence-electron chi connectivity index (χ4n) is 3.69. The van der Waals surface area contributed by atoms with Gasteiger partial charge in [0.05, 0.1) is 17.1 Å². The molecule has 2 N–H and O–H groups in total. The first-order valence-electron chi connectivity index (χ1n) is 10.2. The van der Waals surface area contributed by atoms with Gasteiger partial charge in [-0.3, -0.25) is 9.89 Å². The van der Waals surface area contributed by atoms with E-state index in [2.05, 4.69) is 15.5 Å². The molecular formula is C25H22F3N3O. The van der Waals surface area contributed by atoms with Crippen molar-refractivity contribution in [2.75, 3.05) is 0 Å². The maximum Gasteiger partial charge on any atom is 0.416 e. The van der Waals surface area contributed by atoms with E-state index in [-0.39, 0.29) is 17.6 Å². The first-order chi connectivity index (χ1) is 15.2. The van der Waals surface area contributed by atoms with Crippen LogP contribution < -0.4 is 5.32 Å². The minimum absolute atomic E-state index is 0.211. The van der Waals surface area contributed by atoms with Crippen molar-refractivity contribution in [3.8, 4) is 0 Å². The Morgan fingerprint density at radius 1 is 1.03 bits per heavy atom. The molecule has 4 rings (SSSR count). The van der Waals surface area contributed by atoms with Crippen LogP contribution in [0.5, 0.6) is 0 Å². The van der Waals surface area contributed by atoms with Crippen molar-refractivity contribution in [2.45, 2.75) is 32.5 Å². The summed E-state index contributed by atoms with van der Waals surface area (Å²) in [5.41, 5.74) is 3.92. The Labute approximate surface area is 183 Å². The normalized spacial score (nSPS) is 12.7. The van der Waals surface area contributed by atoms with Gasteiger partial charge in [-0.05, 0) is 55.2 Å². The van der Waals surface area contributed by atoms with E-state index in [9.17, 15) is 18.0 Å². The minimum Gasteiger partial charge on any atom is -0.344 e. The van der Waals surface area contributed by atoms with Crippen LogP contribution in [0.3, 0.4) is 0 Å². The third-order valence-corrected chi connectivity index (χ3v) is 5.49. The molecule has 7 heteroatoms. The molecule has 0 saturated carbocycles. The number of nitrogens with zero attached hydrogens (tertiary/aromatic N) is 1. The van der Waals surface area contributed by atoms with Gasteiger partial charge in [-0.2, -0.15) is 18.3 Å². The van der Waals surface area contributed by atoms with Gasteiger partial charge in [0, 0.05) is 5.39 Å². The number of carbonyl (C=O) groups excluding carboxylic acids is 1. The van der Waals surface area contributed by atoms with Crippen molar-refractivity contribution in [1.29, 1.82) is 0 Å². The van der Waals surface area contributed by atoms with Crippen LogP contribution in [0.15, 0.2) is 66.7 Å². The largest absolute Gasteiger partial charge is 0.416 e. The second kappa shape index (κ2) is 8.49. The highest BCUT2D eigenvalue weighted by Crippen LogP contribution is 2.30. The highest BCUT2D eigenvalue weighted by Gasteiger charge is 2.30. The van der Waals surface area contributed by atoms with Gasteiger partial charge in [0.1, 0.15) is 0 Å². The number of hydrogen-bond donors (Lipinski definition) is 2. The predicted molar refractivity (Wildman–Crippen MR) is 117 cm³/mol. The summed E-state index contributed by atoms with van der Waals surface area (Å²) in [6.07, 6.45) is -3.99. The van der Waals surface area contributed by atoms with Crippen LogP contribution in [0.4, 0.5) is 13.2 Å². The van der Waals surface area contributed by atoms with Crippen molar-refractivity contribution in [3.05, 3.63) is 100 Å². The molecule has 4 aromatic rings. The third-order valence-electron chi connectivity index (χ3n) is 5.49. The van der Waals surface area contributed by atoms with E-state index in [0.29, 0.717) is 22.9 Å². The summed E-state index contributed by atoms with van der Waals surface area (Å²) >= 11 is 0. The number of fused-ring (bicyclic) bond motifs is 1. The molecule has 0 radical (unpaired) electrons. The van der Waals surface area contributed by atoms with E-state index in [1.165, 1.54) is 12.1 Å². The number of amides is 1. The average molecular weight is 437 g/mol. The molecule has 0 aliphatic carbocycles. The van der Waals surface area contributed by atoms with Crippen molar-refractivity contribution in [2.24, 2.45) is 0 Å². The molecule has 0 aliphatic heterocycles. The minimum atomic E-state index is -4.37. The Morgan fingerprint density at radius 2 is 1.72 bits per heavy atom. The fraction of sp³-hybridized carbons (Fsp3) is 0.200. The number of aromatic nitrogens is 2. The Bertz CT molecular complexity index is 1240. The smallest absolute Gasteiger partial charge is 0.344 e. The number of aryl methyl sites for hydroxylation is 1. The topological polar surface area (TPSA) is 57.8 Å². The number of rotatable bonds is 5. The van der Waals surface area contributed by atoms with Crippen LogP contribution in [0.1, 0.15) is 51.3 Å². The Kier molecular flexibility index (Phi) is 5.74. The number of nitrogens with one attached hydrogen (secondary N) is 2. The van der Waals surface area contributed by atoms with Gasteiger partial charge in [-0.1, -0.05) is 54.1 Å². The summed E-state index contributed by atoms with van der Waals surface area (Å²) < 4.78 is 38.5. The van der Waals surface area contributed by atoms with Crippen molar-refractivity contribution in [3.63, 3.8) is 0 Å². The van der Waals surface area contributed by atoms with E-state index < -0.39 is 11.7 Å². The van der Waals surface area contributed by atoms with Gasteiger partial charge in [0.2, 0.25) is 0 Å². The Hall–Kier alpha value is -3.61. The molecule has 0 spiro atoms. The summed E-state index contributed by atoms with van der Waals surface area (Å²) in [6, 6.07) is 18.3. The predicted octanol–water partition coefficient (Wildman–Crippen LogP) is 5.97. The molecule has 0 bridgehead atoms. The van der Waals surface area contributed by atoms with Gasteiger partial charge in [-0.25, -0.2) is 0 Å². The Morgan fingerprint density at radius 3 is 2.38 bits per heavy atom. The lowest BCUT2D eigenvalue weighted by atomic mass is 9.99. The monoisotopic (exact) mass is 437 g/mol. The van der Waals surface area contributed by atoms with Gasteiger partial charge >= 0.3 is 6.18 Å². The molecule has 4 nitrogen and oxygen atoms in total. The molecule has 0 aliphatic rings. The van der Waals surface area contributed by atoms with E-state index in [1.54, 1.807) is 0 Å². The lowest BCUT2D eigenvalue weighted by Gasteiger charge is -2.14. The van der Waals surface area contributed by atoms with Crippen LogP contribution >= 0.6 is 0 Å². The second-order valence-electron chi connectivity index (χ2n) is 7.89. The van der Waals surface area contributed by atoms with Crippen molar-refractivity contribution in [1.82, 2.24) is 15.5 Å².